The van der Waals surface area contributed by atoms with E-state index in [1.54, 1.807) is 35.4 Å². The van der Waals surface area contributed by atoms with Gasteiger partial charge in [-0.25, -0.2) is 9.97 Å². The highest BCUT2D eigenvalue weighted by Gasteiger charge is 2.22. The lowest BCUT2D eigenvalue weighted by atomic mass is 10.0. The highest BCUT2D eigenvalue weighted by atomic mass is 32.2. The smallest absolute Gasteiger partial charge is 0.274 e. The number of thioether (sulfide) groups is 1. The Morgan fingerprint density at radius 3 is 2.69 bits per heavy atom. The van der Waals surface area contributed by atoms with Crippen LogP contribution in [0, 0.1) is 6.92 Å². The van der Waals surface area contributed by atoms with Crippen molar-refractivity contribution in [2.45, 2.75) is 24.9 Å². The number of thiazole rings is 1. The molecule has 0 radical (unpaired) electrons. The average Bonchev–Trinajstić information content (AvgIpc) is 3.59. The number of ether oxygens (including phenoxy) is 1. The topological polar surface area (TPSA) is 68.5 Å². The lowest BCUT2D eigenvalue weighted by Gasteiger charge is -2.23. The molecule has 0 unspecified atom stereocenters. The third-order valence-corrected chi connectivity index (χ3v) is 7.36. The molecule has 0 spiro atoms. The van der Waals surface area contributed by atoms with E-state index in [9.17, 15) is 4.79 Å². The van der Waals surface area contributed by atoms with Gasteiger partial charge in [-0.3, -0.25) is 4.79 Å². The molecule has 0 atom stereocenters. The first-order chi connectivity index (χ1) is 17.5. The van der Waals surface area contributed by atoms with E-state index in [0.717, 1.165) is 43.4 Å². The van der Waals surface area contributed by atoms with Crippen LogP contribution in [0.4, 0.5) is 0 Å². The van der Waals surface area contributed by atoms with E-state index >= 15 is 0 Å². The SMILES string of the molecule is COc1cccc(-c2nc3cc(SC)ccc3cc2CN(Cc2ccco2)C(=O)c2csc(C)n2)c1. The van der Waals surface area contributed by atoms with Crippen molar-refractivity contribution in [3.8, 4) is 17.0 Å². The Hall–Kier alpha value is -3.62. The molecular weight excluding hydrogens is 490 g/mol. The Morgan fingerprint density at radius 2 is 1.97 bits per heavy atom. The van der Waals surface area contributed by atoms with E-state index in [4.69, 9.17) is 14.1 Å². The number of benzene rings is 2. The molecule has 2 aromatic carbocycles. The van der Waals surface area contributed by atoms with Crippen molar-refractivity contribution in [1.82, 2.24) is 14.9 Å². The summed E-state index contributed by atoms with van der Waals surface area (Å²) in [5, 5.41) is 3.67. The second kappa shape index (κ2) is 10.6. The molecule has 6 nitrogen and oxygen atoms in total. The lowest BCUT2D eigenvalue weighted by molar-refractivity contribution is 0.0712. The number of fused-ring (bicyclic) bond motifs is 1. The molecule has 3 heterocycles. The number of hydrogen-bond donors (Lipinski definition) is 0. The number of nitrogens with zero attached hydrogens (tertiary/aromatic N) is 3. The molecule has 182 valence electrons. The van der Waals surface area contributed by atoms with Crippen molar-refractivity contribution in [2.24, 2.45) is 0 Å². The fraction of sp³-hybridized carbons (Fsp3) is 0.179. The average molecular weight is 516 g/mol. The molecule has 0 saturated heterocycles. The minimum absolute atomic E-state index is 0.148. The van der Waals surface area contributed by atoms with Crippen molar-refractivity contribution in [3.05, 3.63) is 94.3 Å². The summed E-state index contributed by atoms with van der Waals surface area (Å²) in [4.78, 5) is 26.0. The van der Waals surface area contributed by atoms with Crippen molar-refractivity contribution >= 4 is 39.9 Å². The monoisotopic (exact) mass is 515 g/mol. The molecular formula is C28H25N3O3S2. The summed E-state index contributed by atoms with van der Waals surface area (Å²) in [6.07, 6.45) is 3.67. The van der Waals surface area contributed by atoms with Gasteiger partial charge >= 0.3 is 0 Å². The minimum Gasteiger partial charge on any atom is -0.497 e. The quantitative estimate of drug-likeness (QED) is 0.211. The molecule has 0 aliphatic carbocycles. The van der Waals surface area contributed by atoms with Gasteiger partial charge in [-0.05, 0) is 61.2 Å². The molecule has 36 heavy (non-hydrogen) atoms. The fourth-order valence-corrected chi connectivity index (χ4v) is 5.10. The number of methoxy groups -OCH3 is 1. The Morgan fingerprint density at radius 1 is 1.08 bits per heavy atom. The Kier molecular flexibility index (Phi) is 7.06. The highest BCUT2D eigenvalue weighted by molar-refractivity contribution is 7.98. The van der Waals surface area contributed by atoms with E-state index < -0.39 is 0 Å². The van der Waals surface area contributed by atoms with Gasteiger partial charge in [0.05, 0.1) is 36.1 Å². The van der Waals surface area contributed by atoms with Crippen LogP contribution in [0.5, 0.6) is 5.75 Å². The maximum absolute atomic E-state index is 13.6. The summed E-state index contributed by atoms with van der Waals surface area (Å²) in [6, 6.07) is 19.9. The molecule has 0 fully saturated rings. The van der Waals surface area contributed by atoms with Crippen molar-refractivity contribution in [3.63, 3.8) is 0 Å². The van der Waals surface area contributed by atoms with Crippen LogP contribution in [0.15, 0.2) is 81.6 Å². The van der Waals surface area contributed by atoms with E-state index in [0.29, 0.717) is 24.5 Å². The van der Waals surface area contributed by atoms with Gasteiger partial charge in [0.1, 0.15) is 17.2 Å². The largest absolute Gasteiger partial charge is 0.497 e. The number of carbonyl (C=O) groups excluding carboxylic acids is 1. The first kappa shape index (κ1) is 24.1. The number of pyridine rings is 1. The first-order valence-corrected chi connectivity index (χ1v) is 13.5. The molecule has 5 aromatic rings. The summed E-state index contributed by atoms with van der Waals surface area (Å²) in [6.45, 7) is 2.56. The van der Waals surface area contributed by atoms with Crippen LogP contribution in [-0.4, -0.2) is 34.1 Å². The van der Waals surface area contributed by atoms with Crippen LogP contribution in [0.25, 0.3) is 22.2 Å². The van der Waals surface area contributed by atoms with Crippen LogP contribution < -0.4 is 4.74 Å². The zero-order valence-electron chi connectivity index (χ0n) is 20.2. The molecule has 0 bridgehead atoms. The van der Waals surface area contributed by atoms with Gasteiger partial charge in [0.15, 0.2) is 0 Å². The van der Waals surface area contributed by atoms with Crippen LogP contribution in [0.3, 0.4) is 0 Å². The van der Waals surface area contributed by atoms with Crippen molar-refractivity contribution in [1.29, 1.82) is 0 Å². The predicted molar refractivity (Wildman–Crippen MR) is 145 cm³/mol. The van der Waals surface area contributed by atoms with E-state index in [-0.39, 0.29) is 5.91 Å². The second-order valence-electron chi connectivity index (χ2n) is 8.28. The Labute approximate surface area is 218 Å². The van der Waals surface area contributed by atoms with Crippen molar-refractivity contribution < 1.29 is 13.9 Å². The van der Waals surface area contributed by atoms with Gasteiger partial charge in [-0.15, -0.1) is 23.1 Å². The number of amides is 1. The molecule has 0 N–H and O–H groups in total. The van der Waals surface area contributed by atoms with Gasteiger partial charge in [0.2, 0.25) is 0 Å². The summed E-state index contributed by atoms with van der Waals surface area (Å²) >= 11 is 3.15. The first-order valence-electron chi connectivity index (χ1n) is 11.4. The van der Waals surface area contributed by atoms with Gasteiger partial charge in [0, 0.05) is 27.8 Å². The van der Waals surface area contributed by atoms with Crippen molar-refractivity contribution in [2.75, 3.05) is 13.4 Å². The summed E-state index contributed by atoms with van der Waals surface area (Å²) in [5.74, 6) is 1.31. The number of carbonyl (C=O) groups is 1. The van der Waals surface area contributed by atoms with E-state index in [2.05, 4.69) is 35.5 Å². The third kappa shape index (κ3) is 5.15. The Bertz CT molecular complexity index is 1510. The maximum Gasteiger partial charge on any atom is 0.274 e. The van der Waals surface area contributed by atoms with Crippen LogP contribution >= 0.6 is 23.1 Å². The highest BCUT2D eigenvalue weighted by Crippen LogP contribution is 2.31. The number of hydrogen-bond acceptors (Lipinski definition) is 7. The molecule has 8 heteroatoms. The number of aromatic nitrogens is 2. The minimum atomic E-state index is -0.148. The zero-order valence-corrected chi connectivity index (χ0v) is 21.9. The molecule has 0 aliphatic rings. The van der Waals surface area contributed by atoms with Gasteiger partial charge in [0.25, 0.3) is 5.91 Å². The van der Waals surface area contributed by atoms with Gasteiger partial charge in [-0.1, -0.05) is 18.2 Å². The van der Waals surface area contributed by atoms with Gasteiger partial charge in [-0.2, -0.15) is 0 Å². The third-order valence-electron chi connectivity index (χ3n) is 5.86. The van der Waals surface area contributed by atoms with Crippen LogP contribution in [-0.2, 0) is 13.1 Å². The molecule has 0 aliphatic heterocycles. The lowest BCUT2D eigenvalue weighted by Crippen LogP contribution is -2.30. The molecule has 3 aromatic heterocycles. The fourth-order valence-electron chi connectivity index (χ4n) is 4.08. The number of rotatable bonds is 8. The molecule has 1 amide bonds. The standard InChI is InChI=1S/C28H25N3O3S2/c1-18-29-26(17-36-18)28(32)31(16-23-8-5-11-34-23)15-21-12-19-9-10-24(35-3)14-25(19)30-27(21)20-6-4-7-22(13-20)33-2/h4-14,17H,15-16H2,1-3H3. The number of furan rings is 1. The van der Waals surface area contributed by atoms with E-state index in [1.165, 1.54) is 11.3 Å². The normalized spacial score (nSPS) is 11.1. The predicted octanol–water partition coefficient (Wildman–Crippen LogP) is 6.83. The maximum atomic E-state index is 13.6. The number of aryl methyl sites for hydroxylation is 1. The summed E-state index contributed by atoms with van der Waals surface area (Å²) < 4.78 is 11.1. The summed E-state index contributed by atoms with van der Waals surface area (Å²) in [5.41, 5.74) is 4.01. The van der Waals surface area contributed by atoms with Crippen LogP contribution in [0.1, 0.15) is 26.8 Å². The van der Waals surface area contributed by atoms with Gasteiger partial charge < -0.3 is 14.1 Å². The zero-order chi connectivity index (χ0) is 25.1. The van der Waals surface area contributed by atoms with E-state index in [1.807, 2.05) is 43.3 Å². The molecule has 5 rings (SSSR count). The van der Waals surface area contributed by atoms with Crippen LogP contribution in [0.2, 0.25) is 0 Å². The second-order valence-corrected chi connectivity index (χ2v) is 10.2. The Balaban J connectivity index is 1.62. The molecule has 0 saturated carbocycles. The summed E-state index contributed by atoms with van der Waals surface area (Å²) in [7, 11) is 1.65.